The number of carboxylic acid groups (broad SMARTS) is 1. The highest BCUT2D eigenvalue weighted by molar-refractivity contribution is 5.74. The Morgan fingerprint density at radius 3 is 2.00 bits per heavy atom. The highest BCUT2D eigenvalue weighted by atomic mass is 16.5. The van der Waals surface area contributed by atoms with Crippen molar-refractivity contribution in [3.8, 4) is 0 Å². The monoisotopic (exact) mass is 302 g/mol. The molecule has 0 saturated heterocycles. The molecule has 0 aliphatic heterocycles. The van der Waals surface area contributed by atoms with Crippen LogP contribution in [-0.4, -0.2) is 51.2 Å². The Balaban J connectivity index is 2.22. The van der Waals surface area contributed by atoms with E-state index in [4.69, 9.17) is 14.2 Å². The van der Waals surface area contributed by atoms with E-state index < -0.39 is 11.4 Å². The van der Waals surface area contributed by atoms with E-state index in [-0.39, 0.29) is 0 Å². The van der Waals surface area contributed by atoms with E-state index in [1.807, 2.05) is 0 Å². The first kappa shape index (κ1) is 18.4. The average Bonchev–Trinajstić information content (AvgIpc) is 2.43. The first-order valence-corrected chi connectivity index (χ1v) is 8.09. The lowest BCUT2D eigenvalue weighted by Gasteiger charge is -2.31. The van der Waals surface area contributed by atoms with E-state index in [9.17, 15) is 9.90 Å². The molecule has 0 amide bonds. The summed E-state index contributed by atoms with van der Waals surface area (Å²) in [5, 5.41) is 9.61. The molecule has 5 heteroatoms. The van der Waals surface area contributed by atoms with Crippen molar-refractivity contribution in [2.45, 2.75) is 51.4 Å². The summed E-state index contributed by atoms with van der Waals surface area (Å²) in [5.74, 6) is -0.649. The van der Waals surface area contributed by atoms with Crippen LogP contribution in [-0.2, 0) is 19.0 Å². The molecule has 1 rings (SSSR count). The second-order valence-electron chi connectivity index (χ2n) is 5.82. The summed E-state index contributed by atoms with van der Waals surface area (Å²) >= 11 is 0. The molecule has 0 aromatic rings. The molecule has 0 bridgehead atoms. The van der Waals surface area contributed by atoms with Crippen LogP contribution < -0.4 is 0 Å². The van der Waals surface area contributed by atoms with Gasteiger partial charge in [-0.3, -0.25) is 4.79 Å². The van der Waals surface area contributed by atoms with Crippen LogP contribution in [0, 0.1) is 5.41 Å². The van der Waals surface area contributed by atoms with Gasteiger partial charge in [0.05, 0.1) is 31.8 Å². The van der Waals surface area contributed by atoms with Gasteiger partial charge in [-0.1, -0.05) is 32.1 Å². The molecular formula is C16H30O5. The zero-order chi connectivity index (χ0) is 15.4. The summed E-state index contributed by atoms with van der Waals surface area (Å²) in [6.45, 7) is 2.70. The van der Waals surface area contributed by atoms with Gasteiger partial charge in [0.25, 0.3) is 0 Å². The fourth-order valence-electron chi connectivity index (χ4n) is 2.88. The highest BCUT2D eigenvalue weighted by Gasteiger charge is 2.37. The molecule has 21 heavy (non-hydrogen) atoms. The quantitative estimate of drug-likeness (QED) is 0.629. The van der Waals surface area contributed by atoms with Crippen LogP contribution in [0.4, 0.5) is 0 Å². The number of hydrogen-bond donors (Lipinski definition) is 1. The molecule has 0 spiro atoms. The molecule has 0 aromatic carbocycles. The summed E-state index contributed by atoms with van der Waals surface area (Å²) in [7, 11) is 1.64. The minimum atomic E-state index is -0.649. The number of carboxylic acids is 1. The molecule has 1 aliphatic rings. The molecule has 5 nitrogen and oxygen atoms in total. The Morgan fingerprint density at radius 2 is 1.43 bits per heavy atom. The lowest BCUT2D eigenvalue weighted by atomic mass is 9.74. The maximum atomic E-state index is 11.7. The maximum absolute atomic E-state index is 11.7. The van der Waals surface area contributed by atoms with Crippen molar-refractivity contribution in [1.82, 2.24) is 0 Å². The minimum Gasteiger partial charge on any atom is -0.481 e. The third kappa shape index (κ3) is 7.25. The Hall–Kier alpha value is -0.650. The van der Waals surface area contributed by atoms with E-state index in [1.165, 1.54) is 6.42 Å². The van der Waals surface area contributed by atoms with Crippen LogP contribution in [0.1, 0.15) is 51.4 Å². The van der Waals surface area contributed by atoms with Gasteiger partial charge in [0.1, 0.15) is 0 Å². The number of carbonyl (C=O) groups is 1. The zero-order valence-corrected chi connectivity index (χ0v) is 13.3. The molecule has 1 N–H and O–H groups in total. The molecule has 1 fully saturated rings. The van der Waals surface area contributed by atoms with Crippen molar-refractivity contribution in [3.05, 3.63) is 0 Å². The van der Waals surface area contributed by atoms with Crippen LogP contribution in [0.25, 0.3) is 0 Å². The topological polar surface area (TPSA) is 65.0 Å². The number of ether oxygens (including phenoxy) is 3. The zero-order valence-electron chi connectivity index (χ0n) is 13.3. The molecule has 0 radical (unpaired) electrons. The van der Waals surface area contributed by atoms with Gasteiger partial charge >= 0.3 is 5.97 Å². The van der Waals surface area contributed by atoms with Gasteiger partial charge in [0.15, 0.2) is 0 Å². The van der Waals surface area contributed by atoms with E-state index >= 15 is 0 Å². The van der Waals surface area contributed by atoms with Crippen LogP contribution in [0.3, 0.4) is 0 Å². The lowest BCUT2D eigenvalue weighted by molar-refractivity contribution is -0.152. The minimum absolute atomic E-state index is 0.500. The summed E-state index contributed by atoms with van der Waals surface area (Å²) in [6, 6.07) is 0. The first-order chi connectivity index (χ1) is 10.2. The van der Waals surface area contributed by atoms with Gasteiger partial charge in [-0.15, -0.1) is 0 Å². The summed E-state index contributed by atoms with van der Waals surface area (Å²) in [6.07, 6.45) is 7.78. The normalized spacial score (nSPS) is 18.9. The van der Waals surface area contributed by atoms with Gasteiger partial charge in [-0.2, -0.15) is 0 Å². The van der Waals surface area contributed by atoms with Crippen molar-refractivity contribution in [1.29, 1.82) is 0 Å². The van der Waals surface area contributed by atoms with Gasteiger partial charge in [-0.05, 0) is 19.3 Å². The van der Waals surface area contributed by atoms with Crippen LogP contribution in [0.2, 0.25) is 0 Å². The molecule has 0 aromatic heterocycles. The third-order valence-corrected chi connectivity index (χ3v) is 4.29. The lowest BCUT2D eigenvalue weighted by Crippen LogP contribution is -2.33. The van der Waals surface area contributed by atoms with E-state index in [0.29, 0.717) is 39.5 Å². The number of methoxy groups -OCH3 is 1. The van der Waals surface area contributed by atoms with Crippen molar-refractivity contribution >= 4 is 5.97 Å². The average molecular weight is 302 g/mol. The Labute approximate surface area is 128 Å². The van der Waals surface area contributed by atoms with Crippen LogP contribution >= 0.6 is 0 Å². The molecule has 124 valence electrons. The largest absolute Gasteiger partial charge is 0.481 e. The van der Waals surface area contributed by atoms with E-state index in [1.54, 1.807) is 7.11 Å². The molecule has 0 atom stereocenters. The van der Waals surface area contributed by atoms with E-state index in [2.05, 4.69) is 0 Å². The van der Waals surface area contributed by atoms with Crippen molar-refractivity contribution in [3.63, 3.8) is 0 Å². The third-order valence-electron chi connectivity index (χ3n) is 4.29. The molecule has 0 heterocycles. The molecular weight excluding hydrogens is 272 g/mol. The Morgan fingerprint density at radius 1 is 0.905 bits per heavy atom. The molecule has 0 unspecified atom stereocenters. The maximum Gasteiger partial charge on any atom is 0.309 e. The summed E-state index contributed by atoms with van der Waals surface area (Å²) in [5.41, 5.74) is -0.572. The fourth-order valence-corrected chi connectivity index (χ4v) is 2.88. The van der Waals surface area contributed by atoms with Crippen LogP contribution in [0.15, 0.2) is 0 Å². The van der Waals surface area contributed by atoms with Gasteiger partial charge in [0, 0.05) is 13.7 Å². The number of hydrogen-bond acceptors (Lipinski definition) is 4. The van der Waals surface area contributed by atoms with Crippen molar-refractivity contribution in [2.24, 2.45) is 5.41 Å². The number of rotatable bonds is 10. The molecule has 1 saturated carbocycles. The van der Waals surface area contributed by atoms with Gasteiger partial charge in [0.2, 0.25) is 0 Å². The van der Waals surface area contributed by atoms with Gasteiger partial charge in [-0.25, -0.2) is 0 Å². The second-order valence-corrected chi connectivity index (χ2v) is 5.82. The first-order valence-electron chi connectivity index (χ1n) is 8.09. The molecule has 1 aliphatic carbocycles. The number of aliphatic carboxylic acids is 1. The summed E-state index contributed by atoms with van der Waals surface area (Å²) in [4.78, 5) is 11.7. The van der Waals surface area contributed by atoms with Crippen LogP contribution in [0.5, 0.6) is 0 Å². The fraction of sp³-hybridized carbons (Fsp3) is 0.938. The Bertz CT molecular complexity index is 272. The predicted molar refractivity (Wildman–Crippen MR) is 80.5 cm³/mol. The Kier molecular flexibility index (Phi) is 9.63. The second kappa shape index (κ2) is 11.0. The summed E-state index contributed by atoms with van der Waals surface area (Å²) < 4.78 is 15.7. The standard InChI is InChI=1S/C16H30O5/c1-19-11-12-21-14-13-20-10-9-16(15(17)18)7-5-3-2-4-6-8-16/h2-14H2,1H3,(H,17,18). The van der Waals surface area contributed by atoms with Crippen molar-refractivity contribution in [2.75, 3.05) is 40.1 Å². The van der Waals surface area contributed by atoms with E-state index in [0.717, 1.165) is 38.5 Å². The predicted octanol–water partition coefficient (Wildman–Crippen LogP) is 2.87. The van der Waals surface area contributed by atoms with Gasteiger partial charge < -0.3 is 19.3 Å². The highest BCUT2D eigenvalue weighted by Crippen LogP contribution is 2.37. The smallest absolute Gasteiger partial charge is 0.309 e. The van der Waals surface area contributed by atoms with Crippen molar-refractivity contribution < 1.29 is 24.1 Å². The SMILES string of the molecule is COCCOCCOCCC1(C(=O)O)CCCCCCC1.